The van der Waals surface area contributed by atoms with Gasteiger partial charge in [-0.25, -0.2) is 9.37 Å². The quantitative estimate of drug-likeness (QED) is 0.423. The SMILES string of the molecule is O=C(CSc1nc2ccc(NC(=O)c3ccco3)cc2s1)Nc1ccccc1F. The van der Waals surface area contributed by atoms with Crippen LogP contribution in [-0.4, -0.2) is 22.6 Å². The number of rotatable bonds is 6. The number of nitrogens with zero attached hydrogens (tertiary/aromatic N) is 1. The first kappa shape index (κ1) is 19.2. The molecule has 6 nitrogen and oxygen atoms in total. The van der Waals surface area contributed by atoms with Gasteiger partial charge in [-0.2, -0.15) is 0 Å². The molecule has 146 valence electrons. The Morgan fingerprint density at radius 3 is 2.76 bits per heavy atom. The minimum Gasteiger partial charge on any atom is -0.459 e. The van der Waals surface area contributed by atoms with Crippen LogP contribution in [0.1, 0.15) is 10.6 Å². The summed E-state index contributed by atoms with van der Waals surface area (Å²) in [4.78, 5) is 28.6. The van der Waals surface area contributed by atoms with Gasteiger partial charge in [-0.05, 0) is 42.5 Å². The topological polar surface area (TPSA) is 84.2 Å². The lowest BCUT2D eigenvalue weighted by Gasteiger charge is -2.04. The number of halogens is 1. The molecule has 29 heavy (non-hydrogen) atoms. The number of thioether (sulfide) groups is 1. The van der Waals surface area contributed by atoms with Crippen LogP contribution in [-0.2, 0) is 4.79 Å². The van der Waals surface area contributed by atoms with E-state index in [2.05, 4.69) is 15.6 Å². The maximum absolute atomic E-state index is 13.6. The van der Waals surface area contributed by atoms with E-state index in [0.29, 0.717) is 10.0 Å². The highest BCUT2D eigenvalue weighted by atomic mass is 32.2. The molecular weight excluding hydrogens is 413 g/mol. The van der Waals surface area contributed by atoms with Crippen LogP contribution in [0.2, 0.25) is 0 Å². The highest BCUT2D eigenvalue weighted by Gasteiger charge is 2.12. The van der Waals surface area contributed by atoms with Crippen molar-refractivity contribution < 1.29 is 18.4 Å². The van der Waals surface area contributed by atoms with E-state index in [9.17, 15) is 14.0 Å². The van der Waals surface area contributed by atoms with Gasteiger partial charge in [0.2, 0.25) is 5.91 Å². The molecule has 0 spiro atoms. The first-order chi connectivity index (χ1) is 14.1. The van der Waals surface area contributed by atoms with E-state index in [1.807, 2.05) is 6.07 Å². The molecule has 2 amide bonds. The van der Waals surface area contributed by atoms with Crippen LogP contribution in [0, 0.1) is 5.82 Å². The van der Waals surface area contributed by atoms with Crippen LogP contribution in [0.5, 0.6) is 0 Å². The molecule has 4 rings (SSSR count). The van der Waals surface area contributed by atoms with Crippen molar-refractivity contribution in [1.82, 2.24) is 4.98 Å². The Bertz CT molecular complexity index is 1170. The smallest absolute Gasteiger partial charge is 0.291 e. The molecule has 2 heterocycles. The zero-order valence-corrected chi connectivity index (χ0v) is 16.5. The number of carbonyl (C=O) groups is 2. The van der Waals surface area contributed by atoms with E-state index in [1.54, 1.807) is 36.4 Å². The van der Waals surface area contributed by atoms with Crippen molar-refractivity contribution in [1.29, 1.82) is 0 Å². The molecule has 0 bridgehead atoms. The Morgan fingerprint density at radius 1 is 1.10 bits per heavy atom. The zero-order chi connectivity index (χ0) is 20.2. The largest absolute Gasteiger partial charge is 0.459 e. The number of aromatic nitrogens is 1. The number of para-hydroxylation sites is 1. The Morgan fingerprint density at radius 2 is 1.97 bits per heavy atom. The van der Waals surface area contributed by atoms with Crippen LogP contribution >= 0.6 is 23.1 Å². The number of hydrogen-bond donors (Lipinski definition) is 2. The van der Waals surface area contributed by atoms with Crippen LogP contribution in [0.15, 0.2) is 69.6 Å². The molecule has 0 aliphatic carbocycles. The number of thiazole rings is 1. The Hall–Kier alpha value is -3.17. The number of carbonyl (C=O) groups excluding carboxylic acids is 2. The molecule has 2 aromatic carbocycles. The van der Waals surface area contributed by atoms with E-state index < -0.39 is 5.82 Å². The summed E-state index contributed by atoms with van der Waals surface area (Å²) in [6.45, 7) is 0. The molecule has 0 atom stereocenters. The molecule has 0 fully saturated rings. The van der Waals surface area contributed by atoms with Gasteiger partial charge >= 0.3 is 0 Å². The predicted molar refractivity (Wildman–Crippen MR) is 112 cm³/mol. The van der Waals surface area contributed by atoms with Crippen molar-refractivity contribution in [2.45, 2.75) is 4.34 Å². The molecule has 0 aliphatic heterocycles. The standard InChI is InChI=1S/C20H14FN3O3S2/c21-13-4-1-2-5-14(13)23-18(25)11-28-20-24-15-8-7-12(10-17(15)29-20)22-19(26)16-6-3-9-27-16/h1-10H,11H2,(H,22,26)(H,23,25). The van der Waals surface area contributed by atoms with Crippen LogP contribution in [0.25, 0.3) is 10.2 Å². The van der Waals surface area contributed by atoms with E-state index in [4.69, 9.17) is 4.42 Å². The molecular formula is C20H14FN3O3S2. The van der Waals surface area contributed by atoms with Crippen LogP contribution < -0.4 is 10.6 Å². The average Bonchev–Trinajstić information content (AvgIpc) is 3.37. The molecule has 0 saturated carbocycles. The third-order valence-electron chi connectivity index (χ3n) is 3.85. The van der Waals surface area contributed by atoms with E-state index in [1.165, 1.54) is 41.5 Å². The van der Waals surface area contributed by atoms with Crippen molar-refractivity contribution in [2.24, 2.45) is 0 Å². The van der Waals surface area contributed by atoms with Gasteiger partial charge in [-0.3, -0.25) is 9.59 Å². The summed E-state index contributed by atoms with van der Waals surface area (Å²) >= 11 is 2.68. The number of nitrogens with one attached hydrogen (secondary N) is 2. The number of furan rings is 1. The van der Waals surface area contributed by atoms with Gasteiger partial charge in [-0.15, -0.1) is 11.3 Å². The second-order valence-electron chi connectivity index (χ2n) is 5.91. The Labute approximate surface area is 173 Å². The normalized spacial score (nSPS) is 10.8. The second-order valence-corrected chi connectivity index (χ2v) is 8.16. The van der Waals surface area contributed by atoms with E-state index in [0.717, 1.165) is 10.2 Å². The Kier molecular flexibility index (Phi) is 5.59. The lowest BCUT2D eigenvalue weighted by atomic mass is 10.3. The summed E-state index contributed by atoms with van der Waals surface area (Å²) in [5.74, 6) is -0.790. The van der Waals surface area contributed by atoms with E-state index >= 15 is 0 Å². The van der Waals surface area contributed by atoms with Crippen molar-refractivity contribution in [2.75, 3.05) is 16.4 Å². The summed E-state index contributed by atoms with van der Waals surface area (Å²) in [6, 6.07) is 14.6. The third-order valence-corrected chi connectivity index (χ3v) is 6.01. The van der Waals surface area contributed by atoms with Crippen molar-refractivity contribution >= 4 is 56.5 Å². The number of anilines is 2. The molecule has 2 aromatic heterocycles. The number of hydrogen-bond acceptors (Lipinski definition) is 6. The first-order valence-electron chi connectivity index (χ1n) is 8.51. The third kappa shape index (κ3) is 4.64. The highest BCUT2D eigenvalue weighted by Crippen LogP contribution is 2.31. The van der Waals surface area contributed by atoms with E-state index in [-0.39, 0.29) is 29.0 Å². The fourth-order valence-electron chi connectivity index (χ4n) is 2.52. The molecule has 4 aromatic rings. The molecule has 0 saturated heterocycles. The van der Waals surface area contributed by atoms with Crippen LogP contribution in [0.4, 0.5) is 15.8 Å². The fraction of sp³-hybridized carbons (Fsp3) is 0.0500. The monoisotopic (exact) mass is 427 g/mol. The minimum atomic E-state index is -0.477. The lowest BCUT2D eigenvalue weighted by molar-refractivity contribution is -0.113. The fourth-order valence-corrected chi connectivity index (χ4v) is 4.43. The van der Waals surface area contributed by atoms with Gasteiger partial charge in [0.25, 0.3) is 5.91 Å². The Balaban J connectivity index is 1.39. The van der Waals surface area contributed by atoms with Gasteiger partial charge < -0.3 is 15.1 Å². The number of benzene rings is 2. The zero-order valence-electron chi connectivity index (χ0n) is 14.8. The lowest BCUT2D eigenvalue weighted by Crippen LogP contribution is -2.14. The highest BCUT2D eigenvalue weighted by molar-refractivity contribution is 8.01. The van der Waals surface area contributed by atoms with Crippen molar-refractivity contribution in [3.8, 4) is 0 Å². The van der Waals surface area contributed by atoms with Gasteiger partial charge in [0.15, 0.2) is 10.1 Å². The summed E-state index contributed by atoms with van der Waals surface area (Å²) < 4.78 is 20.3. The van der Waals surface area contributed by atoms with Crippen molar-refractivity contribution in [3.63, 3.8) is 0 Å². The molecule has 0 unspecified atom stereocenters. The molecule has 0 aliphatic rings. The number of amides is 2. The molecule has 0 radical (unpaired) electrons. The first-order valence-corrected chi connectivity index (χ1v) is 10.3. The van der Waals surface area contributed by atoms with Gasteiger partial charge in [-0.1, -0.05) is 23.9 Å². The molecule has 9 heteroatoms. The summed E-state index contributed by atoms with van der Waals surface area (Å²) in [7, 11) is 0. The average molecular weight is 427 g/mol. The van der Waals surface area contributed by atoms with Gasteiger partial charge in [0, 0.05) is 5.69 Å². The summed E-state index contributed by atoms with van der Waals surface area (Å²) in [6.07, 6.45) is 1.44. The number of fused-ring (bicyclic) bond motifs is 1. The summed E-state index contributed by atoms with van der Waals surface area (Å²) in [5.41, 5.74) is 1.54. The van der Waals surface area contributed by atoms with Gasteiger partial charge in [0.1, 0.15) is 5.82 Å². The maximum Gasteiger partial charge on any atom is 0.291 e. The van der Waals surface area contributed by atoms with Crippen molar-refractivity contribution in [3.05, 3.63) is 72.4 Å². The van der Waals surface area contributed by atoms with Crippen LogP contribution in [0.3, 0.4) is 0 Å². The second kappa shape index (κ2) is 8.46. The minimum absolute atomic E-state index is 0.107. The predicted octanol–water partition coefficient (Wildman–Crippen LogP) is 5.01. The van der Waals surface area contributed by atoms with Gasteiger partial charge in [0.05, 0.1) is 27.9 Å². The summed E-state index contributed by atoms with van der Waals surface area (Å²) in [5, 5.41) is 5.31. The molecule has 2 N–H and O–H groups in total. The maximum atomic E-state index is 13.6.